The van der Waals surface area contributed by atoms with E-state index in [9.17, 15) is 4.79 Å². The first kappa shape index (κ1) is 24.1. The molecule has 1 rings (SSSR count). The predicted octanol–water partition coefficient (Wildman–Crippen LogP) is 6.88. The van der Waals surface area contributed by atoms with Crippen molar-refractivity contribution in [3.05, 3.63) is 24.3 Å². The summed E-state index contributed by atoms with van der Waals surface area (Å²) in [5, 5.41) is 3.53. The Labute approximate surface area is 175 Å². The second kappa shape index (κ2) is 11.8. The molecule has 0 aromatic heterocycles. The van der Waals surface area contributed by atoms with Gasteiger partial charge in [0.2, 0.25) is 0 Å². The standard InChI is InChI=1S/C22H36Cl2N2O/c1-15(2)7-9-17(5)25-19-11-13-20(14-12-19)26(22(27)21(23)24)18(6)10-8-16(3)4/h11-18,21,25H,7-10H2,1-6H3. The van der Waals surface area contributed by atoms with Gasteiger partial charge in [0.25, 0.3) is 5.91 Å². The van der Waals surface area contributed by atoms with E-state index in [-0.39, 0.29) is 11.9 Å². The highest BCUT2D eigenvalue weighted by atomic mass is 35.5. The first-order valence-corrected chi connectivity index (χ1v) is 11.0. The van der Waals surface area contributed by atoms with Crippen molar-refractivity contribution in [1.29, 1.82) is 0 Å². The van der Waals surface area contributed by atoms with E-state index in [1.165, 1.54) is 6.42 Å². The second-order valence-electron chi connectivity index (χ2n) is 8.39. The molecule has 0 aliphatic rings. The topological polar surface area (TPSA) is 32.3 Å². The minimum absolute atomic E-state index is 0.0451. The SMILES string of the molecule is CC(C)CCC(C)Nc1ccc(N(C(=O)C(Cl)Cl)C(C)CCC(C)C)cc1. The zero-order valence-electron chi connectivity index (χ0n) is 17.6. The minimum Gasteiger partial charge on any atom is -0.383 e. The van der Waals surface area contributed by atoms with Crippen LogP contribution in [0.4, 0.5) is 11.4 Å². The van der Waals surface area contributed by atoms with Gasteiger partial charge in [0.05, 0.1) is 0 Å². The summed E-state index contributed by atoms with van der Waals surface area (Å²) in [7, 11) is 0. The van der Waals surface area contributed by atoms with E-state index in [0.29, 0.717) is 17.9 Å². The number of nitrogens with one attached hydrogen (secondary N) is 1. The van der Waals surface area contributed by atoms with Gasteiger partial charge in [-0.25, -0.2) is 0 Å². The summed E-state index contributed by atoms with van der Waals surface area (Å²) in [5.41, 5.74) is 1.90. The highest BCUT2D eigenvalue weighted by Crippen LogP contribution is 2.26. The summed E-state index contributed by atoms with van der Waals surface area (Å²) in [6, 6.07) is 8.44. The highest BCUT2D eigenvalue weighted by Gasteiger charge is 2.26. The van der Waals surface area contributed by atoms with Crippen LogP contribution in [0.5, 0.6) is 0 Å². The van der Waals surface area contributed by atoms with Gasteiger partial charge in [0, 0.05) is 23.5 Å². The molecule has 2 unspecified atom stereocenters. The van der Waals surface area contributed by atoms with E-state index < -0.39 is 4.84 Å². The highest BCUT2D eigenvalue weighted by molar-refractivity contribution is 6.54. The number of hydrogen-bond acceptors (Lipinski definition) is 2. The Kier molecular flexibility index (Phi) is 10.5. The van der Waals surface area contributed by atoms with E-state index in [2.05, 4.69) is 46.9 Å². The Morgan fingerprint density at radius 1 is 0.889 bits per heavy atom. The quantitative estimate of drug-likeness (QED) is 0.399. The van der Waals surface area contributed by atoms with E-state index in [0.717, 1.165) is 30.6 Å². The van der Waals surface area contributed by atoms with Crippen molar-refractivity contribution in [3.8, 4) is 0 Å². The van der Waals surface area contributed by atoms with Gasteiger partial charge < -0.3 is 10.2 Å². The average Bonchev–Trinajstić information content (AvgIpc) is 2.59. The number of benzene rings is 1. The van der Waals surface area contributed by atoms with Crippen LogP contribution in [0.15, 0.2) is 24.3 Å². The van der Waals surface area contributed by atoms with Gasteiger partial charge in [0.1, 0.15) is 0 Å². The first-order valence-electron chi connectivity index (χ1n) is 10.1. The Morgan fingerprint density at radius 3 is 1.89 bits per heavy atom. The molecule has 1 aromatic rings. The number of carbonyl (C=O) groups is 1. The molecule has 0 saturated carbocycles. The average molecular weight is 415 g/mol. The summed E-state index contributed by atoms with van der Waals surface area (Å²) in [4.78, 5) is 13.3. The molecule has 0 bridgehead atoms. The van der Waals surface area contributed by atoms with Crippen LogP contribution < -0.4 is 10.2 Å². The van der Waals surface area contributed by atoms with E-state index in [1.807, 2.05) is 24.3 Å². The van der Waals surface area contributed by atoms with E-state index in [1.54, 1.807) is 4.90 Å². The van der Waals surface area contributed by atoms with Crippen LogP contribution >= 0.6 is 23.2 Å². The molecule has 0 aliphatic carbocycles. The molecule has 1 aromatic carbocycles. The minimum atomic E-state index is -1.06. The van der Waals surface area contributed by atoms with E-state index >= 15 is 0 Å². The lowest BCUT2D eigenvalue weighted by molar-refractivity contribution is -0.117. The fourth-order valence-electron chi connectivity index (χ4n) is 3.07. The smallest absolute Gasteiger partial charge is 0.260 e. The molecule has 0 aliphatic heterocycles. The van der Waals surface area contributed by atoms with Crippen LogP contribution in [0.3, 0.4) is 0 Å². The van der Waals surface area contributed by atoms with Crippen LogP contribution in [0.25, 0.3) is 0 Å². The third-order valence-electron chi connectivity index (χ3n) is 4.76. The van der Waals surface area contributed by atoms with Crippen molar-refractivity contribution in [2.24, 2.45) is 11.8 Å². The molecular formula is C22H36Cl2N2O. The fourth-order valence-corrected chi connectivity index (χ4v) is 3.28. The van der Waals surface area contributed by atoms with Gasteiger partial charge in [-0.05, 0) is 75.6 Å². The third kappa shape index (κ3) is 8.74. The third-order valence-corrected chi connectivity index (χ3v) is 5.14. The van der Waals surface area contributed by atoms with E-state index in [4.69, 9.17) is 23.2 Å². The summed E-state index contributed by atoms with van der Waals surface area (Å²) < 4.78 is 0. The van der Waals surface area contributed by atoms with Gasteiger partial charge in [-0.2, -0.15) is 0 Å². The number of anilines is 2. The monoisotopic (exact) mass is 414 g/mol. The maximum absolute atomic E-state index is 12.6. The number of rotatable bonds is 11. The van der Waals surface area contributed by atoms with Crippen molar-refractivity contribution < 1.29 is 4.79 Å². The Balaban J connectivity index is 2.85. The molecule has 1 N–H and O–H groups in total. The molecule has 2 atom stereocenters. The molecule has 0 spiro atoms. The molecule has 1 amide bonds. The Hall–Kier alpha value is -0.930. The number of hydrogen-bond donors (Lipinski definition) is 1. The van der Waals surface area contributed by atoms with Gasteiger partial charge >= 0.3 is 0 Å². The summed E-state index contributed by atoms with van der Waals surface area (Å²) >= 11 is 11.8. The van der Waals surface area contributed by atoms with Crippen molar-refractivity contribution in [1.82, 2.24) is 0 Å². The largest absolute Gasteiger partial charge is 0.383 e. The van der Waals surface area contributed by atoms with Gasteiger partial charge in [-0.3, -0.25) is 4.79 Å². The number of nitrogens with zero attached hydrogens (tertiary/aromatic N) is 1. The molecule has 154 valence electrons. The molecule has 3 nitrogen and oxygen atoms in total. The molecule has 0 heterocycles. The molecule has 0 radical (unpaired) electrons. The summed E-state index contributed by atoms with van der Waals surface area (Å²) in [6.07, 6.45) is 4.30. The van der Waals surface area contributed by atoms with Crippen LogP contribution in [0, 0.1) is 11.8 Å². The second-order valence-corrected chi connectivity index (χ2v) is 9.49. The van der Waals surface area contributed by atoms with Gasteiger partial charge in [-0.1, -0.05) is 50.9 Å². The molecule has 0 saturated heterocycles. The Morgan fingerprint density at radius 2 is 1.41 bits per heavy atom. The van der Waals surface area contributed by atoms with Crippen LogP contribution in [0.2, 0.25) is 0 Å². The fraction of sp³-hybridized carbons (Fsp3) is 0.682. The van der Waals surface area contributed by atoms with Crippen molar-refractivity contribution in [2.45, 2.75) is 84.1 Å². The van der Waals surface area contributed by atoms with Gasteiger partial charge in [-0.15, -0.1) is 0 Å². The molecule has 0 fully saturated rings. The maximum atomic E-state index is 12.6. The van der Waals surface area contributed by atoms with Crippen LogP contribution in [0.1, 0.15) is 67.2 Å². The molecular weight excluding hydrogens is 379 g/mol. The van der Waals surface area contributed by atoms with Crippen LogP contribution in [-0.4, -0.2) is 22.8 Å². The van der Waals surface area contributed by atoms with Crippen LogP contribution in [-0.2, 0) is 4.79 Å². The first-order chi connectivity index (χ1) is 12.6. The zero-order valence-corrected chi connectivity index (χ0v) is 19.1. The normalized spacial score (nSPS) is 13.9. The Bertz CT molecular complexity index is 558. The predicted molar refractivity (Wildman–Crippen MR) is 120 cm³/mol. The van der Waals surface area contributed by atoms with Gasteiger partial charge in [0.15, 0.2) is 4.84 Å². The molecule has 5 heteroatoms. The summed E-state index contributed by atoms with van der Waals surface area (Å²) in [5.74, 6) is 1.04. The van der Waals surface area contributed by atoms with Crippen molar-refractivity contribution in [3.63, 3.8) is 0 Å². The van der Waals surface area contributed by atoms with Crippen molar-refractivity contribution in [2.75, 3.05) is 10.2 Å². The number of alkyl halides is 2. The number of amides is 1. The number of carbonyl (C=O) groups excluding carboxylic acids is 1. The lowest BCUT2D eigenvalue weighted by Gasteiger charge is -2.30. The lowest BCUT2D eigenvalue weighted by Crippen LogP contribution is -2.42. The summed E-state index contributed by atoms with van der Waals surface area (Å²) in [6.45, 7) is 13.1. The molecule has 27 heavy (non-hydrogen) atoms. The maximum Gasteiger partial charge on any atom is 0.260 e. The zero-order chi connectivity index (χ0) is 20.6. The van der Waals surface area contributed by atoms with Crippen molar-refractivity contribution >= 4 is 40.5 Å². The lowest BCUT2D eigenvalue weighted by atomic mass is 10.0. The number of halogens is 2.